The lowest BCUT2D eigenvalue weighted by Crippen LogP contribution is -2.60. The van der Waals surface area contributed by atoms with Gasteiger partial charge in [-0.2, -0.15) is 0 Å². The Morgan fingerprint density at radius 1 is 0.673 bits per heavy atom. The predicted molar refractivity (Wildman–Crippen MR) is 222 cm³/mol. The van der Waals surface area contributed by atoms with E-state index in [1.54, 1.807) is 6.08 Å². The molecule has 1 rings (SSSR count). The quantitative estimate of drug-likeness (QED) is 0.0250. The first-order valence-corrected chi connectivity index (χ1v) is 22.2. The van der Waals surface area contributed by atoms with E-state index in [1.165, 1.54) is 134 Å². The van der Waals surface area contributed by atoms with E-state index in [0.717, 1.165) is 32.1 Å². The number of rotatable bonds is 35. The van der Waals surface area contributed by atoms with Crippen molar-refractivity contribution in [2.75, 3.05) is 13.2 Å². The Bertz CT molecular complexity index is 1000. The van der Waals surface area contributed by atoms with Crippen molar-refractivity contribution in [3.63, 3.8) is 0 Å². The summed E-state index contributed by atoms with van der Waals surface area (Å²) in [5, 5.41) is 64.4. The molecule has 0 aromatic rings. The van der Waals surface area contributed by atoms with E-state index in [4.69, 9.17) is 9.47 Å². The Morgan fingerprint density at radius 3 is 1.73 bits per heavy atom. The fourth-order valence-corrected chi connectivity index (χ4v) is 6.93. The van der Waals surface area contributed by atoms with Gasteiger partial charge < -0.3 is 45.4 Å². The summed E-state index contributed by atoms with van der Waals surface area (Å²) in [6.07, 6.45) is 29.2. The molecule has 1 saturated heterocycles. The minimum atomic E-state index is -1.62. The van der Waals surface area contributed by atoms with Crippen LogP contribution in [0.15, 0.2) is 36.0 Å². The fraction of sp³-hybridized carbons (Fsp3) is 0.844. The number of ether oxygens (including phenoxy) is 2. The molecule has 0 saturated carbocycles. The van der Waals surface area contributed by atoms with Gasteiger partial charge in [0.15, 0.2) is 12.4 Å². The van der Waals surface area contributed by atoms with Crippen molar-refractivity contribution in [1.82, 2.24) is 5.32 Å². The zero-order valence-electron chi connectivity index (χ0n) is 35.0. The number of hydrogen-bond donors (Lipinski definition) is 7. The SMILES string of the molecule is CCCCCCCCCCCCCCCCC/C=C/[C@@H](O)C(=O)N[C@@H](CO[C@@H]1O[C@H](CO)[C@@H](O)[C@H](O)[C@H]1O)[C@H](O)/C=C/CC/C=C(\C)CCCCCCCC. The summed E-state index contributed by atoms with van der Waals surface area (Å²) in [4.78, 5) is 13.0. The largest absolute Gasteiger partial charge is 0.394 e. The van der Waals surface area contributed by atoms with E-state index in [1.807, 2.05) is 12.2 Å². The maximum Gasteiger partial charge on any atom is 0.253 e. The lowest BCUT2D eigenvalue weighted by molar-refractivity contribution is -0.302. The zero-order chi connectivity index (χ0) is 40.5. The molecule has 0 aromatic heterocycles. The van der Waals surface area contributed by atoms with Crippen LogP contribution in [-0.4, -0.2) is 98.7 Å². The molecule has 1 amide bonds. The fourth-order valence-electron chi connectivity index (χ4n) is 6.93. The van der Waals surface area contributed by atoms with E-state index in [0.29, 0.717) is 6.42 Å². The number of carbonyl (C=O) groups excluding carboxylic acids is 1. The molecule has 0 radical (unpaired) electrons. The monoisotopic (exact) mass is 782 g/mol. The molecule has 0 bridgehead atoms. The molecule has 10 nitrogen and oxygen atoms in total. The Hall–Kier alpha value is -1.63. The second-order valence-corrected chi connectivity index (χ2v) is 15.8. The summed E-state index contributed by atoms with van der Waals surface area (Å²) in [7, 11) is 0. The number of aliphatic hydroxyl groups excluding tert-OH is 6. The Morgan fingerprint density at radius 2 is 1.18 bits per heavy atom. The number of allylic oxidation sites excluding steroid dienone is 4. The number of unbranched alkanes of at least 4 members (excludes halogenated alkanes) is 21. The summed E-state index contributed by atoms with van der Waals surface area (Å²) >= 11 is 0. The highest BCUT2D eigenvalue weighted by Crippen LogP contribution is 2.22. The van der Waals surface area contributed by atoms with Gasteiger partial charge in [-0.1, -0.05) is 172 Å². The summed E-state index contributed by atoms with van der Waals surface area (Å²) in [5.74, 6) is -0.712. The summed E-state index contributed by atoms with van der Waals surface area (Å²) < 4.78 is 11.1. The molecule has 1 aliphatic heterocycles. The lowest BCUT2D eigenvalue weighted by atomic mass is 9.99. The number of amides is 1. The van der Waals surface area contributed by atoms with Crippen LogP contribution >= 0.6 is 0 Å². The molecule has 1 fully saturated rings. The van der Waals surface area contributed by atoms with Crippen molar-refractivity contribution in [2.45, 2.75) is 230 Å². The molecular weight excluding hydrogens is 698 g/mol. The van der Waals surface area contributed by atoms with Crippen LogP contribution in [-0.2, 0) is 14.3 Å². The Kier molecular flexibility index (Phi) is 32.2. The van der Waals surface area contributed by atoms with Gasteiger partial charge in [0.2, 0.25) is 0 Å². The highest BCUT2D eigenvalue weighted by atomic mass is 16.7. The van der Waals surface area contributed by atoms with Gasteiger partial charge >= 0.3 is 0 Å². The molecule has 0 spiro atoms. The number of hydrogen-bond acceptors (Lipinski definition) is 9. The minimum absolute atomic E-state index is 0.341. The van der Waals surface area contributed by atoms with Crippen LogP contribution in [0.2, 0.25) is 0 Å². The lowest BCUT2D eigenvalue weighted by Gasteiger charge is -2.40. The first-order valence-electron chi connectivity index (χ1n) is 22.2. The molecule has 7 N–H and O–H groups in total. The third kappa shape index (κ3) is 25.4. The number of nitrogens with one attached hydrogen (secondary N) is 1. The van der Waals surface area contributed by atoms with E-state index in [2.05, 4.69) is 32.2 Å². The topological polar surface area (TPSA) is 169 Å². The number of carbonyl (C=O) groups is 1. The van der Waals surface area contributed by atoms with Crippen molar-refractivity contribution >= 4 is 5.91 Å². The predicted octanol–water partition coefficient (Wildman–Crippen LogP) is 7.86. The van der Waals surface area contributed by atoms with E-state index < -0.39 is 61.5 Å². The van der Waals surface area contributed by atoms with Gasteiger partial charge in [-0.15, -0.1) is 0 Å². The molecule has 1 aliphatic rings. The van der Waals surface area contributed by atoms with Crippen molar-refractivity contribution in [1.29, 1.82) is 0 Å². The molecule has 0 unspecified atom stereocenters. The van der Waals surface area contributed by atoms with Gasteiger partial charge in [-0.05, 0) is 45.4 Å². The third-order valence-electron chi connectivity index (χ3n) is 10.7. The molecule has 0 aromatic carbocycles. The highest BCUT2D eigenvalue weighted by Gasteiger charge is 2.44. The Labute approximate surface area is 334 Å². The smallest absolute Gasteiger partial charge is 0.253 e. The minimum Gasteiger partial charge on any atom is -0.394 e. The van der Waals surface area contributed by atoms with Gasteiger partial charge in [0.1, 0.15) is 24.4 Å². The van der Waals surface area contributed by atoms with Crippen LogP contribution in [0.25, 0.3) is 0 Å². The van der Waals surface area contributed by atoms with Crippen molar-refractivity contribution in [3.8, 4) is 0 Å². The van der Waals surface area contributed by atoms with Gasteiger partial charge in [0, 0.05) is 0 Å². The summed E-state index contributed by atoms with van der Waals surface area (Å²) in [5.41, 5.74) is 1.35. The first-order chi connectivity index (χ1) is 26.7. The van der Waals surface area contributed by atoms with Crippen molar-refractivity contribution in [2.24, 2.45) is 0 Å². The van der Waals surface area contributed by atoms with Gasteiger partial charge in [-0.25, -0.2) is 0 Å². The van der Waals surface area contributed by atoms with Gasteiger partial charge in [0.05, 0.1) is 25.4 Å². The van der Waals surface area contributed by atoms with Gasteiger partial charge in [-0.3, -0.25) is 4.79 Å². The van der Waals surface area contributed by atoms with Crippen LogP contribution in [0, 0.1) is 0 Å². The van der Waals surface area contributed by atoms with E-state index in [-0.39, 0.29) is 6.61 Å². The maximum absolute atomic E-state index is 13.0. The number of aliphatic hydroxyl groups is 6. The molecule has 8 atom stereocenters. The Balaban J connectivity index is 2.52. The van der Waals surface area contributed by atoms with Crippen LogP contribution in [0.1, 0.15) is 181 Å². The van der Waals surface area contributed by atoms with Crippen LogP contribution in [0.4, 0.5) is 0 Å². The standard InChI is InChI=1S/C45H83NO9/c1-4-6-8-10-12-13-14-15-16-17-18-19-20-21-22-24-28-33-39(49)44(53)46-37(35-54-45-43(52)42(51)41(50)40(34-47)55-45)38(48)32-29-25-27-31-36(3)30-26-23-11-9-7-5-2/h28-29,31-33,37-43,45,47-52H,4-27,30,34-35H2,1-3H3,(H,46,53)/b32-29+,33-28+,36-31+/t37-,38+,39+,40+,41+,42-,43+,45+/m0/s1. The van der Waals surface area contributed by atoms with Crippen LogP contribution in [0.3, 0.4) is 0 Å². The third-order valence-corrected chi connectivity index (χ3v) is 10.7. The molecule has 322 valence electrons. The first kappa shape index (κ1) is 51.4. The molecule has 0 aliphatic carbocycles. The average Bonchev–Trinajstić information content (AvgIpc) is 3.18. The summed E-state index contributed by atoms with van der Waals surface area (Å²) in [6, 6.07) is -1.03. The van der Waals surface area contributed by atoms with E-state index in [9.17, 15) is 35.4 Å². The van der Waals surface area contributed by atoms with Crippen LogP contribution in [0.5, 0.6) is 0 Å². The van der Waals surface area contributed by atoms with Crippen molar-refractivity contribution in [3.05, 3.63) is 36.0 Å². The van der Waals surface area contributed by atoms with Crippen molar-refractivity contribution < 1.29 is 44.9 Å². The van der Waals surface area contributed by atoms with Gasteiger partial charge in [0.25, 0.3) is 5.91 Å². The van der Waals surface area contributed by atoms with Crippen LogP contribution < -0.4 is 5.32 Å². The highest BCUT2D eigenvalue weighted by molar-refractivity contribution is 5.82. The molecule has 1 heterocycles. The molecule has 10 heteroatoms. The zero-order valence-corrected chi connectivity index (χ0v) is 35.0. The second kappa shape index (κ2) is 34.4. The second-order valence-electron chi connectivity index (χ2n) is 15.8. The summed E-state index contributed by atoms with van der Waals surface area (Å²) in [6.45, 7) is 5.68. The molecule has 55 heavy (non-hydrogen) atoms. The maximum atomic E-state index is 13.0. The normalized spacial score (nSPS) is 22.4. The van der Waals surface area contributed by atoms with E-state index >= 15 is 0 Å². The molecular formula is C45H83NO9. The average molecular weight is 782 g/mol.